The van der Waals surface area contributed by atoms with Gasteiger partial charge < -0.3 is 19.7 Å². The van der Waals surface area contributed by atoms with Gasteiger partial charge in [-0.25, -0.2) is 4.98 Å². The van der Waals surface area contributed by atoms with Crippen LogP contribution in [0.3, 0.4) is 0 Å². The van der Waals surface area contributed by atoms with Crippen LogP contribution in [0.25, 0.3) is 0 Å². The van der Waals surface area contributed by atoms with Crippen LogP contribution in [0.1, 0.15) is 24.7 Å². The van der Waals surface area contributed by atoms with Gasteiger partial charge in [-0.15, -0.1) is 11.3 Å². The number of piperidine rings is 1. The maximum absolute atomic E-state index is 12.3. The number of aliphatic hydroxyl groups excluding tert-OH is 1. The van der Waals surface area contributed by atoms with Gasteiger partial charge >= 0.3 is 0 Å². The highest BCUT2D eigenvalue weighted by molar-refractivity contribution is 7.13. The molecule has 1 aliphatic heterocycles. The summed E-state index contributed by atoms with van der Waals surface area (Å²) < 4.78 is 5.12. The number of carbonyl (C=O) groups is 1. The normalized spacial score (nSPS) is 19.9. The largest absolute Gasteiger partial charge is 0.467 e. The Hall–Kier alpha value is -1.86. The quantitative estimate of drug-likeness (QED) is 0.878. The van der Waals surface area contributed by atoms with Crippen molar-refractivity contribution in [3.05, 3.63) is 35.7 Å². The van der Waals surface area contributed by atoms with E-state index in [4.69, 9.17) is 4.42 Å². The first-order chi connectivity index (χ1) is 10.7. The SMILES string of the molecule is O=C(NC[C@@H](O)c1ccco1)[C@H]1CCCN(c2nccs2)C1. The van der Waals surface area contributed by atoms with Gasteiger partial charge in [0.15, 0.2) is 5.13 Å². The first-order valence-corrected chi connectivity index (χ1v) is 8.25. The van der Waals surface area contributed by atoms with Crippen LogP contribution in [0.4, 0.5) is 5.13 Å². The van der Waals surface area contributed by atoms with Crippen molar-refractivity contribution < 1.29 is 14.3 Å². The van der Waals surface area contributed by atoms with Gasteiger partial charge in [0.1, 0.15) is 11.9 Å². The van der Waals surface area contributed by atoms with Gasteiger partial charge in [-0.05, 0) is 25.0 Å². The van der Waals surface area contributed by atoms with Crippen LogP contribution in [0.2, 0.25) is 0 Å². The summed E-state index contributed by atoms with van der Waals surface area (Å²) >= 11 is 1.59. The Morgan fingerprint density at radius 3 is 3.27 bits per heavy atom. The Morgan fingerprint density at radius 2 is 2.55 bits per heavy atom. The fourth-order valence-electron chi connectivity index (χ4n) is 2.66. The zero-order valence-corrected chi connectivity index (χ0v) is 13.0. The minimum atomic E-state index is -0.808. The highest BCUT2D eigenvalue weighted by Crippen LogP contribution is 2.25. The molecule has 0 aliphatic carbocycles. The molecule has 1 amide bonds. The van der Waals surface area contributed by atoms with E-state index in [0.717, 1.165) is 24.5 Å². The van der Waals surface area contributed by atoms with Crippen molar-refractivity contribution in [2.75, 3.05) is 24.5 Å². The molecule has 0 bridgehead atoms. The van der Waals surface area contributed by atoms with Gasteiger partial charge in [-0.3, -0.25) is 4.79 Å². The Bertz CT molecular complexity index is 585. The average Bonchev–Trinajstić information content (AvgIpc) is 3.25. The molecule has 1 saturated heterocycles. The van der Waals surface area contributed by atoms with Crippen LogP contribution in [-0.2, 0) is 4.79 Å². The van der Waals surface area contributed by atoms with E-state index < -0.39 is 6.10 Å². The average molecular weight is 321 g/mol. The van der Waals surface area contributed by atoms with Gasteiger partial charge in [-0.1, -0.05) is 0 Å². The highest BCUT2D eigenvalue weighted by atomic mass is 32.1. The van der Waals surface area contributed by atoms with Crippen molar-refractivity contribution in [3.8, 4) is 0 Å². The van der Waals surface area contributed by atoms with E-state index in [9.17, 15) is 9.90 Å². The Morgan fingerprint density at radius 1 is 1.64 bits per heavy atom. The number of furan rings is 1. The number of hydrogen-bond donors (Lipinski definition) is 2. The van der Waals surface area contributed by atoms with Crippen LogP contribution >= 0.6 is 11.3 Å². The van der Waals surface area contributed by atoms with Crippen LogP contribution in [-0.4, -0.2) is 35.6 Å². The Labute approximate surface area is 132 Å². The standard InChI is InChI=1S/C15H19N3O3S/c19-12(13-4-2-7-21-13)9-17-14(20)11-3-1-6-18(10-11)15-16-5-8-22-15/h2,4-5,7-8,11-12,19H,1,3,6,9-10H2,(H,17,20)/t11-,12+/m0/s1. The number of thiazole rings is 1. The molecule has 1 fully saturated rings. The van der Waals surface area contributed by atoms with Crippen molar-refractivity contribution in [1.82, 2.24) is 10.3 Å². The number of amides is 1. The monoisotopic (exact) mass is 321 g/mol. The fourth-order valence-corrected chi connectivity index (χ4v) is 3.34. The summed E-state index contributed by atoms with van der Waals surface area (Å²) in [4.78, 5) is 18.7. The number of aromatic nitrogens is 1. The second-order valence-corrected chi connectivity index (χ2v) is 6.25. The van der Waals surface area contributed by atoms with Crippen LogP contribution in [0, 0.1) is 5.92 Å². The van der Waals surface area contributed by atoms with Gasteiger partial charge in [0.05, 0.1) is 18.7 Å². The van der Waals surface area contributed by atoms with E-state index in [-0.39, 0.29) is 18.4 Å². The minimum Gasteiger partial charge on any atom is -0.467 e. The zero-order chi connectivity index (χ0) is 15.4. The molecule has 0 spiro atoms. The summed E-state index contributed by atoms with van der Waals surface area (Å²) in [5, 5.41) is 15.7. The van der Waals surface area contributed by atoms with E-state index in [1.54, 1.807) is 29.7 Å². The topological polar surface area (TPSA) is 78.6 Å². The Balaban J connectivity index is 1.51. The molecular weight excluding hydrogens is 302 g/mol. The van der Waals surface area contributed by atoms with Crippen molar-refractivity contribution >= 4 is 22.4 Å². The van der Waals surface area contributed by atoms with Crippen LogP contribution in [0.15, 0.2) is 34.4 Å². The summed E-state index contributed by atoms with van der Waals surface area (Å²) in [6.07, 6.45) is 4.32. The smallest absolute Gasteiger partial charge is 0.225 e. The molecule has 3 heterocycles. The molecule has 2 atom stereocenters. The van der Waals surface area contributed by atoms with Gasteiger partial charge in [0.25, 0.3) is 0 Å². The second-order valence-electron chi connectivity index (χ2n) is 5.38. The lowest BCUT2D eigenvalue weighted by Gasteiger charge is -2.31. The summed E-state index contributed by atoms with van der Waals surface area (Å²) in [7, 11) is 0. The van der Waals surface area contributed by atoms with Crippen molar-refractivity contribution in [3.63, 3.8) is 0 Å². The number of carbonyl (C=O) groups excluding carboxylic acids is 1. The lowest BCUT2D eigenvalue weighted by atomic mass is 9.97. The first-order valence-electron chi connectivity index (χ1n) is 7.37. The summed E-state index contributed by atoms with van der Waals surface area (Å²) in [6.45, 7) is 1.78. The van der Waals surface area contributed by atoms with Gasteiger partial charge in [-0.2, -0.15) is 0 Å². The summed E-state index contributed by atoms with van der Waals surface area (Å²) in [5.74, 6) is 0.377. The predicted octanol–water partition coefficient (Wildman–Crippen LogP) is 1.80. The minimum absolute atomic E-state index is 0.0214. The molecular formula is C15H19N3O3S. The third kappa shape index (κ3) is 3.48. The van der Waals surface area contributed by atoms with Crippen molar-refractivity contribution in [2.24, 2.45) is 5.92 Å². The Kier molecular flexibility index (Phi) is 4.74. The number of rotatable bonds is 5. The maximum Gasteiger partial charge on any atom is 0.225 e. The molecule has 0 saturated carbocycles. The molecule has 7 heteroatoms. The third-order valence-electron chi connectivity index (χ3n) is 3.82. The number of nitrogens with one attached hydrogen (secondary N) is 1. The predicted molar refractivity (Wildman–Crippen MR) is 83.7 cm³/mol. The van der Waals surface area contributed by atoms with E-state index in [1.165, 1.54) is 6.26 Å². The van der Waals surface area contributed by atoms with Crippen LogP contribution < -0.4 is 10.2 Å². The lowest BCUT2D eigenvalue weighted by molar-refractivity contribution is -0.125. The molecule has 2 N–H and O–H groups in total. The molecule has 1 aliphatic rings. The van der Waals surface area contributed by atoms with E-state index in [0.29, 0.717) is 12.3 Å². The molecule has 2 aromatic heterocycles. The highest BCUT2D eigenvalue weighted by Gasteiger charge is 2.27. The molecule has 0 aromatic carbocycles. The molecule has 6 nitrogen and oxygen atoms in total. The molecule has 0 unspecified atom stereocenters. The second kappa shape index (κ2) is 6.93. The first kappa shape index (κ1) is 15.1. The van der Waals surface area contributed by atoms with Crippen LogP contribution in [0.5, 0.6) is 0 Å². The zero-order valence-electron chi connectivity index (χ0n) is 12.1. The number of anilines is 1. The molecule has 2 aromatic rings. The molecule has 118 valence electrons. The number of hydrogen-bond acceptors (Lipinski definition) is 6. The number of aliphatic hydroxyl groups is 1. The van der Waals surface area contributed by atoms with Crippen molar-refractivity contribution in [1.29, 1.82) is 0 Å². The lowest BCUT2D eigenvalue weighted by Crippen LogP contribution is -2.44. The van der Waals surface area contributed by atoms with Gasteiger partial charge in [0.2, 0.25) is 5.91 Å². The fraction of sp³-hybridized carbons (Fsp3) is 0.467. The van der Waals surface area contributed by atoms with Crippen molar-refractivity contribution in [2.45, 2.75) is 18.9 Å². The number of nitrogens with zero attached hydrogens (tertiary/aromatic N) is 2. The summed E-state index contributed by atoms with van der Waals surface area (Å²) in [6, 6.07) is 3.41. The molecule has 22 heavy (non-hydrogen) atoms. The van der Waals surface area contributed by atoms with E-state index in [2.05, 4.69) is 15.2 Å². The summed E-state index contributed by atoms with van der Waals surface area (Å²) in [5.41, 5.74) is 0. The molecule has 0 radical (unpaired) electrons. The third-order valence-corrected chi connectivity index (χ3v) is 4.66. The van der Waals surface area contributed by atoms with E-state index in [1.807, 2.05) is 5.38 Å². The molecule has 3 rings (SSSR count). The van der Waals surface area contributed by atoms with E-state index >= 15 is 0 Å². The maximum atomic E-state index is 12.3. The van der Waals surface area contributed by atoms with Gasteiger partial charge in [0, 0.05) is 24.7 Å².